The molecule has 29 heavy (non-hydrogen) atoms. The Balaban J connectivity index is 1.71. The molecule has 3 N–H and O–H groups in total. The van der Waals surface area contributed by atoms with Crippen LogP contribution in [0, 0.1) is 12.7 Å². The molecule has 3 aromatic rings. The lowest BCUT2D eigenvalue weighted by molar-refractivity contribution is -0.117. The topological polar surface area (TPSA) is 90.0 Å². The third kappa shape index (κ3) is 5.08. The predicted octanol–water partition coefficient (Wildman–Crippen LogP) is 3.65. The minimum absolute atomic E-state index is 0.143. The number of benzene rings is 2. The van der Waals surface area contributed by atoms with Crippen LogP contribution in [0.1, 0.15) is 16.8 Å². The van der Waals surface area contributed by atoms with Crippen molar-refractivity contribution >= 4 is 35.2 Å². The van der Waals surface area contributed by atoms with E-state index in [9.17, 15) is 14.0 Å². The van der Waals surface area contributed by atoms with Crippen LogP contribution in [0.3, 0.4) is 0 Å². The molecule has 1 aromatic heterocycles. The Bertz CT molecular complexity index is 1070. The number of nitrogens with one attached hydrogen (secondary N) is 1. The van der Waals surface area contributed by atoms with Gasteiger partial charge in [0.2, 0.25) is 11.8 Å². The van der Waals surface area contributed by atoms with E-state index in [1.807, 2.05) is 0 Å². The molecule has 1 heterocycles. The Morgan fingerprint density at radius 3 is 2.45 bits per heavy atom. The lowest BCUT2D eigenvalue weighted by atomic mass is 10.1. The maximum Gasteiger partial charge on any atom is 0.248 e. The molecule has 0 atom stereocenters. The summed E-state index contributed by atoms with van der Waals surface area (Å²) in [6.45, 7) is 1.76. The summed E-state index contributed by atoms with van der Waals surface area (Å²) < 4.78 is 14.6. The van der Waals surface area contributed by atoms with E-state index in [4.69, 9.17) is 17.3 Å². The Morgan fingerprint density at radius 2 is 1.83 bits per heavy atom. The lowest BCUT2D eigenvalue weighted by Gasteiger charge is -2.04. The van der Waals surface area contributed by atoms with Crippen molar-refractivity contribution in [2.24, 2.45) is 5.73 Å². The average Bonchev–Trinajstić information content (AvgIpc) is 2.96. The van der Waals surface area contributed by atoms with Gasteiger partial charge in [-0.05, 0) is 55.0 Å². The van der Waals surface area contributed by atoms with Crippen molar-refractivity contribution in [3.8, 4) is 5.69 Å². The van der Waals surface area contributed by atoms with E-state index >= 15 is 0 Å². The van der Waals surface area contributed by atoms with Crippen molar-refractivity contribution < 1.29 is 14.0 Å². The van der Waals surface area contributed by atoms with Gasteiger partial charge in [0.15, 0.2) is 0 Å². The molecule has 6 nitrogen and oxygen atoms in total. The first-order valence-electron chi connectivity index (χ1n) is 8.71. The van der Waals surface area contributed by atoms with E-state index in [0.29, 0.717) is 27.8 Å². The van der Waals surface area contributed by atoms with Gasteiger partial charge in [-0.2, -0.15) is 5.10 Å². The van der Waals surface area contributed by atoms with Crippen LogP contribution in [0.4, 0.5) is 10.1 Å². The molecule has 2 amide bonds. The lowest BCUT2D eigenvalue weighted by Crippen LogP contribution is -2.13. The van der Waals surface area contributed by atoms with Gasteiger partial charge in [-0.25, -0.2) is 9.07 Å². The van der Waals surface area contributed by atoms with Crippen molar-refractivity contribution in [3.63, 3.8) is 0 Å². The summed E-state index contributed by atoms with van der Waals surface area (Å²) in [6.07, 6.45) is 3.06. The molecule has 0 aliphatic carbocycles. The quantitative estimate of drug-likeness (QED) is 0.605. The van der Waals surface area contributed by atoms with Crippen LogP contribution in [0.5, 0.6) is 0 Å². The van der Waals surface area contributed by atoms with E-state index in [1.165, 1.54) is 22.9 Å². The second-order valence-corrected chi connectivity index (χ2v) is 6.70. The minimum Gasteiger partial charge on any atom is -0.369 e. The van der Waals surface area contributed by atoms with Crippen LogP contribution in [-0.2, 0) is 16.0 Å². The zero-order valence-electron chi connectivity index (χ0n) is 15.5. The Labute approximate surface area is 171 Å². The third-order valence-corrected chi connectivity index (χ3v) is 4.48. The highest BCUT2D eigenvalue weighted by Crippen LogP contribution is 2.25. The van der Waals surface area contributed by atoms with Crippen LogP contribution >= 0.6 is 11.6 Å². The van der Waals surface area contributed by atoms with Crippen LogP contribution in [-0.4, -0.2) is 21.6 Å². The number of hydrogen-bond acceptors (Lipinski definition) is 3. The maximum absolute atomic E-state index is 13.1. The number of aromatic nitrogens is 2. The van der Waals surface area contributed by atoms with E-state index in [1.54, 1.807) is 49.4 Å². The first-order chi connectivity index (χ1) is 13.8. The summed E-state index contributed by atoms with van der Waals surface area (Å²) in [5.74, 6) is -1.12. The first kappa shape index (κ1) is 20.3. The number of aryl methyl sites for hydroxylation is 1. The Kier molecular flexibility index (Phi) is 6.09. The molecule has 148 valence electrons. The summed E-state index contributed by atoms with van der Waals surface area (Å²) in [5.41, 5.74) is 8.32. The Morgan fingerprint density at radius 1 is 1.17 bits per heavy atom. The molecular formula is C21H18ClFN4O2. The van der Waals surface area contributed by atoms with E-state index < -0.39 is 5.91 Å². The van der Waals surface area contributed by atoms with Crippen LogP contribution in [0.25, 0.3) is 11.8 Å². The molecule has 0 aliphatic rings. The minimum atomic E-state index is -0.418. The van der Waals surface area contributed by atoms with Crippen molar-refractivity contribution in [3.05, 3.63) is 82.4 Å². The molecule has 0 saturated carbocycles. The average molecular weight is 413 g/mol. The molecule has 0 saturated heterocycles. The van der Waals surface area contributed by atoms with Gasteiger partial charge < -0.3 is 11.1 Å². The summed E-state index contributed by atoms with van der Waals surface area (Å²) >= 11 is 6.39. The van der Waals surface area contributed by atoms with Crippen LogP contribution in [0.2, 0.25) is 5.15 Å². The van der Waals surface area contributed by atoms with E-state index in [0.717, 1.165) is 5.56 Å². The molecule has 0 fully saturated rings. The van der Waals surface area contributed by atoms with Crippen molar-refractivity contribution in [2.45, 2.75) is 13.3 Å². The Hall–Kier alpha value is -3.45. The van der Waals surface area contributed by atoms with Crippen molar-refractivity contribution in [1.82, 2.24) is 9.78 Å². The number of halogens is 2. The number of carbonyl (C=O) groups excluding carboxylic acids is 2. The number of nitrogens with zero attached hydrogens (tertiary/aromatic N) is 2. The van der Waals surface area contributed by atoms with Gasteiger partial charge in [0.25, 0.3) is 0 Å². The summed E-state index contributed by atoms with van der Waals surface area (Å²) in [4.78, 5) is 23.1. The van der Waals surface area contributed by atoms with Crippen molar-refractivity contribution in [2.75, 3.05) is 5.32 Å². The van der Waals surface area contributed by atoms with Crippen molar-refractivity contribution in [1.29, 1.82) is 0 Å². The molecule has 0 radical (unpaired) electrons. The number of amides is 2. The fourth-order valence-corrected chi connectivity index (χ4v) is 3.04. The van der Waals surface area contributed by atoms with Gasteiger partial charge in [0, 0.05) is 17.3 Å². The molecule has 0 bridgehead atoms. The standard InChI is InChI=1S/C21H18ClFN4O2/c1-13-18(21(22)27(26-13)17-8-4-15(23)5-9-17)10-11-20(29)25-16-6-2-14(3-7-16)12-19(24)28/h2-11H,12H2,1H3,(H2,24,28)(H,25,29)/b11-10+. The largest absolute Gasteiger partial charge is 0.369 e. The van der Waals surface area contributed by atoms with Crippen LogP contribution in [0.15, 0.2) is 54.6 Å². The number of carbonyl (C=O) groups is 2. The first-order valence-corrected chi connectivity index (χ1v) is 9.08. The second-order valence-electron chi connectivity index (χ2n) is 6.34. The van der Waals surface area contributed by atoms with Gasteiger partial charge in [0.1, 0.15) is 11.0 Å². The molecule has 2 aromatic carbocycles. The highest BCUT2D eigenvalue weighted by Gasteiger charge is 2.13. The summed E-state index contributed by atoms with van der Waals surface area (Å²) in [5, 5.41) is 7.38. The molecule has 0 aliphatic heterocycles. The predicted molar refractivity (Wildman–Crippen MR) is 110 cm³/mol. The molecule has 0 spiro atoms. The molecule has 0 unspecified atom stereocenters. The molecule has 8 heteroatoms. The number of rotatable bonds is 6. The third-order valence-electron chi connectivity index (χ3n) is 4.12. The summed E-state index contributed by atoms with van der Waals surface area (Å²) in [6, 6.07) is 12.6. The smallest absolute Gasteiger partial charge is 0.248 e. The summed E-state index contributed by atoms with van der Waals surface area (Å²) in [7, 11) is 0. The maximum atomic E-state index is 13.1. The normalized spacial score (nSPS) is 11.0. The van der Waals surface area contributed by atoms with Gasteiger partial charge in [0.05, 0.1) is 17.8 Å². The molecular weight excluding hydrogens is 395 g/mol. The fourth-order valence-electron chi connectivity index (χ4n) is 2.70. The van der Waals surface area contributed by atoms with Gasteiger partial charge in [-0.3, -0.25) is 9.59 Å². The van der Waals surface area contributed by atoms with Gasteiger partial charge >= 0.3 is 0 Å². The van der Waals surface area contributed by atoms with E-state index in [-0.39, 0.29) is 18.1 Å². The number of hydrogen-bond donors (Lipinski definition) is 2. The second kappa shape index (κ2) is 8.70. The zero-order chi connectivity index (χ0) is 21.0. The highest BCUT2D eigenvalue weighted by molar-refractivity contribution is 6.31. The van der Waals surface area contributed by atoms with E-state index in [2.05, 4.69) is 10.4 Å². The number of nitrogens with two attached hydrogens (primary N) is 1. The number of anilines is 1. The van der Waals surface area contributed by atoms with Gasteiger partial charge in [-0.15, -0.1) is 0 Å². The number of primary amides is 1. The fraction of sp³-hybridized carbons (Fsp3) is 0.0952. The van der Waals surface area contributed by atoms with Gasteiger partial charge in [-0.1, -0.05) is 23.7 Å². The highest BCUT2D eigenvalue weighted by atomic mass is 35.5. The molecule has 3 rings (SSSR count). The van der Waals surface area contributed by atoms with Crippen LogP contribution < -0.4 is 11.1 Å². The zero-order valence-corrected chi connectivity index (χ0v) is 16.3. The monoisotopic (exact) mass is 412 g/mol. The SMILES string of the molecule is Cc1nn(-c2ccc(F)cc2)c(Cl)c1/C=C/C(=O)Nc1ccc(CC(N)=O)cc1.